The lowest BCUT2D eigenvalue weighted by Gasteiger charge is -2.24. The maximum atomic E-state index is 14.6. The number of halogens is 2. The average molecular weight is 374 g/mol. The molecule has 0 radical (unpaired) electrons. The number of hydrogen-bond donors (Lipinski definition) is 0. The van der Waals surface area contributed by atoms with Crippen molar-refractivity contribution in [2.45, 2.75) is 40.3 Å². The summed E-state index contributed by atoms with van der Waals surface area (Å²) in [5.41, 5.74) is 5.34. The predicted molar refractivity (Wildman–Crippen MR) is 106 cm³/mol. The van der Waals surface area contributed by atoms with Crippen molar-refractivity contribution in [2.75, 3.05) is 13.6 Å². The van der Waals surface area contributed by atoms with Crippen LogP contribution in [-0.4, -0.2) is 28.0 Å². The Kier molecular flexibility index (Phi) is 5.35. The highest BCUT2D eigenvalue weighted by atomic mass is 35.5. The van der Waals surface area contributed by atoms with Crippen LogP contribution in [-0.2, 0) is 25.9 Å². The minimum atomic E-state index is -0.179. The first-order valence-electron chi connectivity index (χ1n) is 8.62. The van der Waals surface area contributed by atoms with E-state index in [1.54, 1.807) is 6.07 Å². The van der Waals surface area contributed by atoms with E-state index in [2.05, 4.69) is 27.6 Å². The lowest BCUT2D eigenvalue weighted by atomic mass is 10.0. The summed E-state index contributed by atoms with van der Waals surface area (Å²) < 4.78 is 16.8. The summed E-state index contributed by atoms with van der Waals surface area (Å²) in [6, 6.07) is 7.28. The van der Waals surface area contributed by atoms with Crippen LogP contribution in [0.4, 0.5) is 4.39 Å². The van der Waals surface area contributed by atoms with Gasteiger partial charge in [0.2, 0.25) is 0 Å². The predicted octanol–water partition coefficient (Wildman–Crippen LogP) is 5.00. The molecule has 0 amide bonds. The van der Waals surface area contributed by atoms with E-state index >= 15 is 0 Å². The lowest BCUT2D eigenvalue weighted by Crippen LogP contribution is -2.27. The molecule has 0 unspecified atom stereocenters. The second-order valence-corrected chi connectivity index (χ2v) is 7.28. The number of aromatic nitrogens is 2. The van der Waals surface area contributed by atoms with E-state index in [-0.39, 0.29) is 13.2 Å². The Morgan fingerprint density at radius 1 is 1.23 bits per heavy atom. The highest BCUT2D eigenvalue weighted by molar-refractivity contribution is 6.35. The van der Waals surface area contributed by atoms with E-state index in [4.69, 9.17) is 11.6 Å². The average Bonchev–Trinajstić information content (AvgIpc) is 2.92. The van der Waals surface area contributed by atoms with Gasteiger partial charge < -0.3 is 9.47 Å². The molecule has 0 atom stereocenters. The molecule has 0 spiro atoms. The molecular formula is C21H25ClFN3. The number of aryl methyl sites for hydroxylation is 3. The van der Waals surface area contributed by atoms with Crippen LogP contribution in [0.1, 0.15) is 29.9 Å². The van der Waals surface area contributed by atoms with E-state index < -0.39 is 0 Å². The molecule has 26 heavy (non-hydrogen) atoms. The third kappa shape index (κ3) is 3.24. The lowest BCUT2D eigenvalue weighted by molar-refractivity contribution is 0.309. The van der Waals surface area contributed by atoms with Crippen LogP contribution >= 0.6 is 11.6 Å². The van der Waals surface area contributed by atoms with Gasteiger partial charge >= 0.3 is 0 Å². The van der Waals surface area contributed by atoms with E-state index in [0.29, 0.717) is 10.4 Å². The van der Waals surface area contributed by atoms with Gasteiger partial charge in [0.25, 0.3) is 0 Å². The van der Waals surface area contributed by atoms with Crippen LogP contribution in [0, 0.1) is 12.7 Å². The molecule has 3 heterocycles. The second kappa shape index (κ2) is 7.37. The van der Waals surface area contributed by atoms with Gasteiger partial charge in [-0.1, -0.05) is 25.1 Å². The van der Waals surface area contributed by atoms with Gasteiger partial charge in [0.05, 0.1) is 10.5 Å². The summed E-state index contributed by atoms with van der Waals surface area (Å²) in [7, 11) is 2.08. The van der Waals surface area contributed by atoms with Crippen molar-refractivity contribution in [1.29, 1.82) is 0 Å². The van der Waals surface area contributed by atoms with Crippen molar-refractivity contribution in [3.05, 3.63) is 63.8 Å². The molecule has 0 fully saturated rings. The molecule has 0 bridgehead atoms. The summed E-state index contributed by atoms with van der Waals surface area (Å²) in [6.07, 6.45) is 3.69. The van der Waals surface area contributed by atoms with Crippen molar-refractivity contribution in [3.63, 3.8) is 0 Å². The van der Waals surface area contributed by atoms with E-state index in [1.165, 1.54) is 17.3 Å². The maximum Gasteiger partial charge on any atom is 0.133 e. The van der Waals surface area contributed by atoms with Crippen molar-refractivity contribution < 1.29 is 4.39 Å². The number of likely N-dealkylation sites (N-methyl/N-ethyl adjacent to an activating group) is 1. The van der Waals surface area contributed by atoms with Crippen molar-refractivity contribution in [2.24, 2.45) is 0 Å². The van der Waals surface area contributed by atoms with Gasteiger partial charge in [-0.2, -0.15) is 0 Å². The van der Waals surface area contributed by atoms with E-state index in [0.717, 1.165) is 49.2 Å². The molecule has 0 N–H and O–H groups in total. The third-order valence-electron chi connectivity index (χ3n) is 5.08. The normalized spacial score (nSPS) is 14.3. The van der Waals surface area contributed by atoms with Crippen molar-refractivity contribution in [3.8, 4) is 0 Å². The molecular weight excluding hydrogens is 349 g/mol. The van der Waals surface area contributed by atoms with Gasteiger partial charge in [0, 0.05) is 49.0 Å². The van der Waals surface area contributed by atoms with E-state index in [9.17, 15) is 4.39 Å². The number of hydrogen-bond acceptors (Lipinski definition) is 2. The first-order chi connectivity index (χ1) is 12.0. The Labute approximate surface area is 159 Å². The Bertz CT molecular complexity index is 931. The van der Waals surface area contributed by atoms with Gasteiger partial charge in [-0.05, 0) is 49.7 Å². The highest BCUT2D eigenvalue weighted by Gasteiger charge is 2.25. The maximum absolute atomic E-state index is 14.6. The summed E-state index contributed by atoms with van der Waals surface area (Å²) in [6.45, 7) is 4.51. The summed E-state index contributed by atoms with van der Waals surface area (Å²) in [5, 5.41) is 1.31. The smallest absolute Gasteiger partial charge is 0.133 e. The number of rotatable bonds is 3. The molecule has 3 nitrogen and oxygen atoms in total. The molecule has 5 heteroatoms. The topological polar surface area (TPSA) is 21.1 Å². The van der Waals surface area contributed by atoms with Crippen LogP contribution in [0.3, 0.4) is 0 Å². The summed E-state index contributed by atoms with van der Waals surface area (Å²) in [4.78, 5) is 6.60. The molecule has 0 saturated carbocycles. The molecule has 4 rings (SSSR count). The quantitative estimate of drug-likeness (QED) is 0.643. The molecule has 138 valence electrons. The van der Waals surface area contributed by atoms with Gasteiger partial charge in [-0.3, -0.25) is 4.98 Å². The Balaban J connectivity index is 0.00000196. The van der Waals surface area contributed by atoms with Crippen LogP contribution in [0.15, 0.2) is 30.5 Å². The van der Waals surface area contributed by atoms with Crippen molar-refractivity contribution in [1.82, 2.24) is 14.5 Å². The molecule has 1 aliphatic rings. The molecule has 2 aromatic heterocycles. The molecule has 1 aliphatic heterocycles. The Morgan fingerprint density at radius 3 is 2.77 bits per heavy atom. The fourth-order valence-corrected chi connectivity index (χ4v) is 4.03. The number of fused-ring (bicyclic) bond motifs is 3. The van der Waals surface area contributed by atoms with E-state index in [1.807, 2.05) is 19.2 Å². The summed E-state index contributed by atoms with van der Waals surface area (Å²) in [5.74, 6) is -0.179. The van der Waals surface area contributed by atoms with Crippen LogP contribution in [0.2, 0.25) is 5.02 Å². The van der Waals surface area contributed by atoms with Crippen LogP contribution in [0.5, 0.6) is 0 Å². The second-order valence-electron chi connectivity index (χ2n) is 6.88. The number of benzene rings is 1. The zero-order chi connectivity index (χ0) is 17.6. The summed E-state index contributed by atoms with van der Waals surface area (Å²) >= 11 is 6.48. The van der Waals surface area contributed by atoms with Gasteiger partial charge in [0.15, 0.2) is 0 Å². The first-order valence-corrected chi connectivity index (χ1v) is 9.00. The zero-order valence-corrected chi connectivity index (χ0v) is 15.3. The standard InChI is InChI=1S/C20H21ClFN3.CH4/c1-13-3-4-14(11-23-13)7-10-25-18-8-9-24(2)12-15(18)19-17(22)6-5-16(21)20(19)25;/h3-6,11H,7-10,12H2,1-2H3;1H4. The molecule has 1 aromatic carbocycles. The van der Waals surface area contributed by atoms with Gasteiger partial charge in [-0.15, -0.1) is 0 Å². The van der Waals surface area contributed by atoms with Gasteiger partial charge in [-0.25, -0.2) is 4.39 Å². The Morgan fingerprint density at radius 2 is 2.04 bits per heavy atom. The zero-order valence-electron chi connectivity index (χ0n) is 14.5. The minimum Gasteiger partial charge on any atom is -0.343 e. The van der Waals surface area contributed by atoms with Gasteiger partial charge in [0.1, 0.15) is 5.82 Å². The number of nitrogens with zero attached hydrogens (tertiary/aromatic N) is 3. The highest BCUT2D eigenvalue weighted by Crippen LogP contribution is 2.36. The third-order valence-corrected chi connectivity index (χ3v) is 5.38. The Hall–Kier alpha value is -1.91. The molecule has 3 aromatic rings. The minimum absolute atomic E-state index is 0. The number of pyridine rings is 1. The van der Waals surface area contributed by atoms with Crippen LogP contribution in [0.25, 0.3) is 10.9 Å². The SMILES string of the molecule is C.Cc1ccc(CCn2c3c(c4c(F)ccc(Cl)c42)CN(C)CC3)cn1. The van der Waals surface area contributed by atoms with Crippen LogP contribution < -0.4 is 0 Å². The first kappa shape index (κ1) is 18.9. The fraction of sp³-hybridized carbons (Fsp3) is 0.381. The largest absolute Gasteiger partial charge is 0.343 e. The van der Waals surface area contributed by atoms with Crippen molar-refractivity contribution >= 4 is 22.5 Å². The monoisotopic (exact) mass is 373 g/mol. The molecule has 0 aliphatic carbocycles. The fourth-order valence-electron chi connectivity index (χ4n) is 3.77. The molecule has 0 saturated heterocycles.